The van der Waals surface area contributed by atoms with E-state index in [1.54, 1.807) is 0 Å². The zero-order valence-electron chi connectivity index (χ0n) is 14.7. The van der Waals surface area contributed by atoms with Crippen LogP contribution >= 0.6 is 0 Å². The molecule has 0 bridgehead atoms. The predicted molar refractivity (Wildman–Crippen MR) is 96.0 cm³/mol. The summed E-state index contributed by atoms with van der Waals surface area (Å²) in [5.41, 5.74) is 9.53. The van der Waals surface area contributed by atoms with E-state index < -0.39 is 0 Å². The maximum Gasteiger partial charge on any atom is 0.196 e. The van der Waals surface area contributed by atoms with Crippen LogP contribution in [-0.2, 0) is 6.54 Å². The maximum atomic E-state index is 4.67. The van der Waals surface area contributed by atoms with Crippen molar-refractivity contribution in [1.29, 1.82) is 0 Å². The molecule has 23 heavy (non-hydrogen) atoms. The van der Waals surface area contributed by atoms with Gasteiger partial charge in [-0.3, -0.25) is 0 Å². The van der Waals surface area contributed by atoms with Gasteiger partial charge in [0, 0.05) is 11.6 Å². The standard InChI is InChI=1S/C20H25N2.BrH/c1-6-22(13-21-19-9-7-8-10-20(19)22)12-18-16(4)14(2)11-15(3)17(18)5;/h7-11,13H,6,12H2,1-5H3;1H/q+1;/p-1. The molecule has 0 aliphatic carbocycles. The van der Waals surface area contributed by atoms with Crippen LogP contribution in [0.3, 0.4) is 0 Å². The lowest BCUT2D eigenvalue weighted by Crippen LogP contribution is -3.00. The molecule has 0 spiro atoms. The van der Waals surface area contributed by atoms with Crippen LogP contribution in [0.5, 0.6) is 0 Å². The van der Waals surface area contributed by atoms with Gasteiger partial charge in [-0.1, -0.05) is 18.2 Å². The zero-order valence-corrected chi connectivity index (χ0v) is 16.2. The SMILES string of the molecule is CC[N+]1(Cc2c(C)c(C)cc(C)c2C)C=Nc2ccccc21.[Br-]. The summed E-state index contributed by atoms with van der Waals surface area (Å²) in [7, 11) is 0. The Hall–Kier alpha value is -1.45. The second-order valence-corrected chi connectivity index (χ2v) is 6.48. The van der Waals surface area contributed by atoms with E-state index in [9.17, 15) is 0 Å². The molecule has 3 rings (SSSR count). The third-order valence-corrected chi connectivity index (χ3v) is 5.31. The Bertz CT molecular complexity index is 738. The third-order valence-electron chi connectivity index (χ3n) is 5.31. The lowest BCUT2D eigenvalue weighted by atomic mass is 9.93. The first-order valence-corrected chi connectivity index (χ1v) is 8.06. The average molecular weight is 373 g/mol. The summed E-state index contributed by atoms with van der Waals surface area (Å²) in [4.78, 5) is 4.67. The average Bonchev–Trinajstić information content (AvgIpc) is 2.89. The molecule has 0 N–H and O–H groups in total. The highest BCUT2D eigenvalue weighted by Crippen LogP contribution is 2.40. The van der Waals surface area contributed by atoms with E-state index in [4.69, 9.17) is 0 Å². The molecule has 122 valence electrons. The monoisotopic (exact) mass is 372 g/mol. The van der Waals surface area contributed by atoms with E-state index in [-0.39, 0.29) is 17.0 Å². The number of aliphatic imine (C=N–C) groups is 1. The van der Waals surface area contributed by atoms with Crippen molar-refractivity contribution in [2.45, 2.75) is 41.2 Å². The Balaban J connectivity index is 0.00000192. The van der Waals surface area contributed by atoms with E-state index in [0.29, 0.717) is 0 Å². The highest BCUT2D eigenvalue weighted by atomic mass is 79.9. The number of fused-ring (bicyclic) bond motifs is 1. The summed E-state index contributed by atoms with van der Waals surface area (Å²) in [6.45, 7) is 13.2. The molecule has 2 aromatic rings. The van der Waals surface area contributed by atoms with E-state index >= 15 is 0 Å². The molecule has 1 heterocycles. The van der Waals surface area contributed by atoms with E-state index in [1.807, 2.05) is 0 Å². The van der Waals surface area contributed by atoms with Gasteiger partial charge in [0.05, 0.1) is 6.54 Å². The van der Waals surface area contributed by atoms with Gasteiger partial charge in [-0.05, 0) is 62.9 Å². The number of benzene rings is 2. The maximum absolute atomic E-state index is 4.67. The lowest BCUT2D eigenvalue weighted by Gasteiger charge is -2.31. The van der Waals surface area contributed by atoms with Crippen molar-refractivity contribution in [2.24, 2.45) is 4.99 Å². The molecule has 0 aromatic heterocycles. The van der Waals surface area contributed by atoms with Gasteiger partial charge in [-0.25, -0.2) is 4.48 Å². The molecule has 3 heteroatoms. The number of hydrogen-bond acceptors (Lipinski definition) is 1. The minimum Gasteiger partial charge on any atom is -1.00 e. The van der Waals surface area contributed by atoms with Gasteiger partial charge in [-0.15, -0.1) is 0 Å². The summed E-state index contributed by atoms with van der Waals surface area (Å²) in [6.07, 6.45) is 2.13. The zero-order chi connectivity index (χ0) is 15.9. The third kappa shape index (κ3) is 2.88. The molecule has 2 aromatic carbocycles. The van der Waals surface area contributed by atoms with Crippen molar-refractivity contribution >= 4 is 17.7 Å². The van der Waals surface area contributed by atoms with Gasteiger partial charge in [0.15, 0.2) is 12.0 Å². The Labute approximate surface area is 150 Å². The predicted octanol–water partition coefficient (Wildman–Crippen LogP) is 2.13. The number of quaternary nitrogens is 1. The number of nitrogens with zero attached hydrogens (tertiary/aromatic N) is 2. The molecule has 0 saturated heterocycles. The normalized spacial score (nSPS) is 18.7. The molecule has 0 saturated carbocycles. The molecule has 0 fully saturated rings. The fourth-order valence-electron chi connectivity index (χ4n) is 3.49. The summed E-state index contributed by atoms with van der Waals surface area (Å²) >= 11 is 0. The van der Waals surface area contributed by atoms with Crippen molar-refractivity contribution < 1.29 is 17.0 Å². The molecule has 0 radical (unpaired) electrons. The van der Waals surface area contributed by atoms with Gasteiger partial charge < -0.3 is 17.0 Å². The van der Waals surface area contributed by atoms with Crippen molar-refractivity contribution in [3.63, 3.8) is 0 Å². The Morgan fingerprint density at radius 1 is 0.957 bits per heavy atom. The van der Waals surface area contributed by atoms with Crippen molar-refractivity contribution in [3.8, 4) is 0 Å². The topological polar surface area (TPSA) is 12.4 Å². The molecule has 0 amide bonds. The first kappa shape index (κ1) is 17.9. The fraction of sp³-hybridized carbons (Fsp3) is 0.350. The van der Waals surface area contributed by atoms with Gasteiger partial charge in [-0.2, -0.15) is 4.99 Å². The van der Waals surface area contributed by atoms with E-state index in [1.165, 1.54) is 33.5 Å². The van der Waals surface area contributed by atoms with Crippen LogP contribution in [0, 0.1) is 27.7 Å². The number of hydrogen-bond donors (Lipinski definition) is 0. The van der Waals surface area contributed by atoms with Crippen molar-refractivity contribution in [1.82, 2.24) is 4.48 Å². The molecular weight excluding hydrogens is 348 g/mol. The molecular formula is C20H25BrN2. The van der Waals surface area contributed by atoms with E-state index in [2.05, 4.69) is 76.3 Å². The van der Waals surface area contributed by atoms with E-state index in [0.717, 1.165) is 23.3 Å². The Kier molecular flexibility index (Phi) is 5.12. The van der Waals surface area contributed by atoms with Crippen LogP contribution in [0.25, 0.3) is 0 Å². The van der Waals surface area contributed by atoms with Crippen LogP contribution in [0.1, 0.15) is 34.7 Å². The highest BCUT2D eigenvalue weighted by Gasteiger charge is 2.35. The van der Waals surface area contributed by atoms with Crippen molar-refractivity contribution in [3.05, 3.63) is 58.1 Å². The second-order valence-electron chi connectivity index (χ2n) is 6.48. The van der Waals surface area contributed by atoms with Gasteiger partial charge in [0.1, 0.15) is 12.2 Å². The lowest BCUT2D eigenvalue weighted by molar-refractivity contribution is -0.00000474. The minimum atomic E-state index is 0. The summed E-state index contributed by atoms with van der Waals surface area (Å²) < 4.78 is 0.820. The van der Waals surface area contributed by atoms with Gasteiger partial charge >= 0.3 is 0 Å². The van der Waals surface area contributed by atoms with Crippen LogP contribution in [0.15, 0.2) is 35.3 Å². The van der Waals surface area contributed by atoms with Gasteiger partial charge in [0.25, 0.3) is 0 Å². The molecule has 1 aliphatic rings. The smallest absolute Gasteiger partial charge is 0.196 e. The van der Waals surface area contributed by atoms with Crippen LogP contribution in [0.4, 0.5) is 11.4 Å². The van der Waals surface area contributed by atoms with Crippen LogP contribution in [-0.4, -0.2) is 12.9 Å². The summed E-state index contributed by atoms with van der Waals surface area (Å²) in [5.74, 6) is 0. The summed E-state index contributed by atoms with van der Waals surface area (Å²) in [5, 5.41) is 0. The fourth-order valence-corrected chi connectivity index (χ4v) is 3.49. The largest absolute Gasteiger partial charge is 1.00 e. The summed E-state index contributed by atoms with van der Waals surface area (Å²) in [6, 6.07) is 10.8. The molecule has 1 aliphatic heterocycles. The number of halogens is 1. The van der Waals surface area contributed by atoms with Crippen LogP contribution < -0.4 is 21.5 Å². The molecule has 2 nitrogen and oxygen atoms in total. The first-order valence-electron chi connectivity index (χ1n) is 8.06. The number of rotatable bonds is 3. The first-order chi connectivity index (χ1) is 10.5. The van der Waals surface area contributed by atoms with Crippen molar-refractivity contribution in [2.75, 3.05) is 6.54 Å². The quantitative estimate of drug-likeness (QED) is 0.731. The van der Waals surface area contributed by atoms with Gasteiger partial charge in [0.2, 0.25) is 0 Å². The van der Waals surface area contributed by atoms with Crippen LogP contribution in [0.2, 0.25) is 0 Å². The second kappa shape index (κ2) is 6.58. The number of para-hydroxylation sites is 2. The molecule has 1 atom stereocenters. The highest BCUT2D eigenvalue weighted by molar-refractivity contribution is 5.88. The molecule has 1 unspecified atom stereocenters. The Morgan fingerprint density at radius 3 is 2.17 bits per heavy atom. The minimum absolute atomic E-state index is 0. The Morgan fingerprint density at radius 2 is 1.57 bits per heavy atom. The number of aryl methyl sites for hydroxylation is 2.